The summed E-state index contributed by atoms with van der Waals surface area (Å²) in [6.07, 6.45) is 4.69. The van der Waals surface area contributed by atoms with E-state index in [1.54, 1.807) is 7.11 Å². The van der Waals surface area contributed by atoms with Crippen LogP contribution in [0, 0.1) is 11.8 Å². The fraction of sp³-hybridized carbons (Fsp3) is 0.867. The lowest BCUT2D eigenvalue weighted by Crippen LogP contribution is -2.51. The molecular weight excluding hydrogens is 224 g/mol. The first-order chi connectivity index (χ1) is 8.69. The molecule has 0 saturated heterocycles. The lowest BCUT2D eigenvalue weighted by Gasteiger charge is -2.44. The number of ether oxygens (including phenoxy) is 1. The Morgan fingerprint density at radius 2 is 2.22 bits per heavy atom. The van der Waals surface area contributed by atoms with Crippen molar-refractivity contribution in [2.45, 2.75) is 32.7 Å². The number of nitrogens with one attached hydrogen (secondary N) is 1. The van der Waals surface area contributed by atoms with Crippen molar-refractivity contribution in [3.8, 4) is 0 Å². The molecule has 1 saturated carbocycles. The predicted octanol–water partition coefficient (Wildman–Crippen LogP) is 2.14. The monoisotopic (exact) mass is 254 g/mol. The van der Waals surface area contributed by atoms with Crippen LogP contribution >= 0.6 is 0 Å². The molecule has 0 aromatic carbocycles. The number of hydrogen-bond donors (Lipinski definition) is 1. The van der Waals surface area contributed by atoms with E-state index in [4.69, 9.17) is 4.74 Å². The van der Waals surface area contributed by atoms with Crippen LogP contribution in [0.3, 0.4) is 0 Å². The van der Waals surface area contributed by atoms with E-state index in [1.807, 2.05) is 6.08 Å². The van der Waals surface area contributed by atoms with Gasteiger partial charge in [-0.2, -0.15) is 0 Å². The first kappa shape index (κ1) is 15.7. The third kappa shape index (κ3) is 5.09. The molecule has 1 aliphatic carbocycles. The van der Waals surface area contributed by atoms with Crippen molar-refractivity contribution in [1.29, 1.82) is 0 Å². The van der Waals surface area contributed by atoms with Crippen LogP contribution < -0.4 is 5.32 Å². The quantitative estimate of drug-likeness (QED) is 0.605. The third-order valence-electron chi connectivity index (χ3n) is 3.75. The van der Waals surface area contributed by atoms with Crippen LogP contribution in [-0.2, 0) is 4.74 Å². The Morgan fingerprint density at radius 1 is 1.44 bits per heavy atom. The SMILES string of the molecule is C=CCN(CCOC)C1CCC1CNCC(C)C. The second-order valence-electron chi connectivity index (χ2n) is 5.73. The molecule has 1 N–H and O–H groups in total. The minimum atomic E-state index is 0.720. The molecule has 0 aromatic heterocycles. The van der Waals surface area contributed by atoms with E-state index in [0.29, 0.717) is 0 Å². The van der Waals surface area contributed by atoms with E-state index < -0.39 is 0 Å². The van der Waals surface area contributed by atoms with Crippen molar-refractivity contribution < 1.29 is 4.74 Å². The second kappa shape index (κ2) is 8.68. The summed E-state index contributed by atoms with van der Waals surface area (Å²) in [5.74, 6) is 1.54. The van der Waals surface area contributed by atoms with Crippen LogP contribution in [0.2, 0.25) is 0 Å². The van der Waals surface area contributed by atoms with Gasteiger partial charge in [0.2, 0.25) is 0 Å². The summed E-state index contributed by atoms with van der Waals surface area (Å²) in [6, 6.07) is 0.720. The maximum Gasteiger partial charge on any atom is 0.0589 e. The van der Waals surface area contributed by atoms with Crippen molar-refractivity contribution in [3.05, 3.63) is 12.7 Å². The zero-order valence-corrected chi connectivity index (χ0v) is 12.3. The van der Waals surface area contributed by atoms with Gasteiger partial charge in [0.1, 0.15) is 0 Å². The van der Waals surface area contributed by atoms with E-state index in [1.165, 1.54) is 12.8 Å². The Hall–Kier alpha value is -0.380. The van der Waals surface area contributed by atoms with Crippen molar-refractivity contribution in [1.82, 2.24) is 10.2 Å². The fourth-order valence-electron chi connectivity index (χ4n) is 2.59. The van der Waals surface area contributed by atoms with Gasteiger partial charge in [-0.15, -0.1) is 6.58 Å². The van der Waals surface area contributed by atoms with Crippen LogP contribution in [0.4, 0.5) is 0 Å². The van der Waals surface area contributed by atoms with Gasteiger partial charge in [0.25, 0.3) is 0 Å². The Kier molecular flexibility index (Phi) is 7.56. The first-order valence-corrected chi connectivity index (χ1v) is 7.23. The molecule has 2 unspecified atom stereocenters. The van der Waals surface area contributed by atoms with Crippen molar-refractivity contribution in [2.75, 3.05) is 39.9 Å². The molecule has 0 heterocycles. The average molecular weight is 254 g/mol. The maximum absolute atomic E-state index is 5.19. The highest BCUT2D eigenvalue weighted by Crippen LogP contribution is 2.31. The largest absolute Gasteiger partial charge is 0.383 e. The molecule has 0 aromatic rings. The number of rotatable bonds is 10. The van der Waals surface area contributed by atoms with Gasteiger partial charge in [0, 0.05) is 26.2 Å². The van der Waals surface area contributed by atoms with Gasteiger partial charge in [-0.1, -0.05) is 19.9 Å². The van der Waals surface area contributed by atoms with E-state index >= 15 is 0 Å². The fourth-order valence-corrected chi connectivity index (χ4v) is 2.59. The van der Waals surface area contributed by atoms with Crippen LogP contribution in [0.5, 0.6) is 0 Å². The Labute approximate surface area is 113 Å². The number of nitrogens with zero attached hydrogens (tertiary/aromatic N) is 1. The molecule has 18 heavy (non-hydrogen) atoms. The van der Waals surface area contributed by atoms with Gasteiger partial charge in [-0.3, -0.25) is 4.90 Å². The van der Waals surface area contributed by atoms with Crippen LogP contribution in [0.1, 0.15) is 26.7 Å². The number of methoxy groups -OCH3 is 1. The Morgan fingerprint density at radius 3 is 2.72 bits per heavy atom. The van der Waals surface area contributed by atoms with Crippen LogP contribution in [-0.4, -0.2) is 50.8 Å². The lowest BCUT2D eigenvalue weighted by atomic mass is 9.78. The summed E-state index contributed by atoms with van der Waals surface area (Å²) < 4.78 is 5.19. The Balaban J connectivity index is 2.30. The van der Waals surface area contributed by atoms with Gasteiger partial charge in [0.15, 0.2) is 0 Å². The molecule has 3 heteroatoms. The van der Waals surface area contributed by atoms with Gasteiger partial charge in [0.05, 0.1) is 6.61 Å². The highest BCUT2D eigenvalue weighted by atomic mass is 16.5. The molecule has 0 aliphatic heterocycles. The minimum absolute atomic E-state index is 0.720. The summed E-state index contributed by atoms with van der Waals surface area (Å²) in [6.45, 7) is 13.5. The topological polar surface area (TPSA) is 24.5 Å². The molecular formula is C15H30N2O. The van der Waals surface area contributed by atoms with E-state index in [9.17, 15) is 0 Å². The smallest absolute Gasteiger partial charge is 0.0589 e. The van der Waals surface area contributed by atoms with Crippen molar-refractivity contribution in [2.24, 2.45) is 11.8 Å². The Bertz CT molecular complexity index is 231. The van der Waals surface area contributed by atoms with E-state index in [0.717, 1.165) is 50.7 Å². The molecule has 1 aliphatic rings. The molecule has 2 atom stereocenters. The van der Waals surface area contributed by atoms with Gasteiger partial charge >= 0.3 is 0 Å². The van der Waals surface area contributed by atoms with Crippen molar-refractivity contribution >= 4 is 0 Å². The first-order valence-electron chi connectivity index (χ1n) is 7.23. The maximum atomic E-state index is 5.19. The summed E-state index contributed by atoms with van der Waals surface area (Å²) in [4.78, 5) is 2.52. The second-order valence-corrected chi connectivity index (χ2v) is 5.73. The molecule has 1 rings (SSSR count). The lowest BCUT2D eigenvalue weighted by molar-refractivity contribution is 0.0483. The van der Waals surface area contributed by atoms with Gasteiger partial charge < -0.3 is 10.1 Å². The molecule has 106 valence electrons. The molecule has 3 nitrogen and oxygen atoms in total. The molecule has 0 amide bonds. The summed E-state index contributed by atoms with van der Waals surface area (Å²) >= 11 is 0. The van der Waals surface area contributed by atoms with Gasteiger partial charge in [-0.05, 0) is 37.8 Å². The summed E-state index contributed by atoms with van der Waals surface area (Å²) in [7, 11) is 1.77. The molecule has 0 bridgehead atoms. The van der Waals surface area contributed by atoms with Crippen molar-refractivity contribution in [3.63, 3.8) is 0 Å². The molecule has 0 radical (unpaired) electrons. The molecule has 1 fully saturated rings. The van der Waals surface area contributed by atoms with Gasteiger partial charge in [-0.25, -0.2) is 0 Å². The highest BCUT2D eigenvalue weighted by molar-refractivity contribution is 4.92. The molecule has 0 spiro atoms. The normalized spacial score (nSPS) is 23.4. The zero-order valence-electron chi connectivity index (χ0n) is 12.3. The number of hydrogen-bond acceptors (Lipinski definition) is 3. The average Bonchev–Trinajstić information content (AvgIpc) is 2.30. The summed E-state index contributed by atoms with van der Waals surface area (Å²) in [5.41, 5.74) is 0. The van der Waals surface area contributed by atoms with Crippen LogP contribution in [0.15, 0.2) is 12.7 Å². The summed E-state index contributed by atoms with van der Waals surface area (Å²) in [5, 5.41) is 3.59. The third-order valence-corrected chi connectivity index (χ3v) is 3.75. The highest BCUT2D eigenvalue weighted by Gasteiger charge is 2.34. The predicted molar refractivity (Wildman–Crippen MR) is 77.9 cm³/mol. The van der Waals surface area contributed by atoms with E-state index in [2.05, 4.69) is 30.6 Å². The standard InChI is InChI=1S/C15H30N2O/c1-5-8-17(9-10-18-4)15-7-6-14(15)12-16-11-13(2)3/h5,13-16H,1,6-12H2,2-4H3. The minimum Gasteiger partial charge on any atom is -0.383 e. The van der Waals surface area contributed by atoms with Crippen LogP contribution in [0.25, 0.3) is 0 Å². The zero-order chi connectivity index (χ0) is 13.4. The van der Waals surface area contributed by atoms with E-state index in [-0.39, 0.29) is 0 Å².